The van der Waals surface area contributed by atoms with E-state index in [9.17, 15) is 0 Å². The molecule has 5 heteroatoms. The molecular formula is C12H10O3Si2. The molecule has 0 aromatic heterocycles. The zero-order chi connectivity index (χ0) is 11.9. The predicted molar refractivity (Wildman–Crippen MR) is 66.7 cm³/mol. The summed E-state index contributed by atoms with van der Waals surface area (Å²) in [7, 11) is 1.10. The monoisotopic (exact) mass is 258 g/mol. The summed E-state index contributed by atoms with van der Waals surface area (Å²) in [5, 5.41) is 0. The minimum Gasteiger partial charge on any atom is -0.489 e. The van der Waals surface area contributed by atoms with Crippen molar-refractivity contribution in [3.05, 3.63) is 60.7 Å². The van der Waals surface area contributed by atoms with Gasteiger partial charge in [-0.15, -0.1) is 0 Å². The van der Waals surface area contributed by atoms with E-state index in [1.165, 1.54) is 0 Å². The lowest BCUT2D eigenvalue weighted by molar-refractivity contribution is 0.319. The van der Waals surface area contributed by atoms with E-state index in [1.54, 1.807) is 0 Å². The fraction of sp³-hybridized carbons (Fsp3) is 0. The predicted octanol–water partition coefficient (Wildman–Crippen LogP) is 2.23. The van der Waals surface area contributed by atoms with Crippen molar-refractivity contribution in [3.63, 3.8) is 0 Å². The second-order valence-corrected chi connectivity index (χ2v) is 4.91. The Morgan fingerprint density at radius 3 is 1.47 bits per heavy atom. The van der Waals surface area contributed by atoms with Crippen molar-refractivity contribution in [1.82, 2.24) is 0 Å². The smallest absolute Gasteiger partial charge is 0.489 e. The minimum atomic E-state index is -1.88. The Morgan fingerprint density at radius 1 is 0.706 bits per heavy atom. The van der Waals surface area contributed by atoms with Crippen molar-refractivity contribution in [2.45, 2.75) is 0 Å². The first kappa shape index (κ1) is 11.9. The van der Waals surface area contributed by atoms with Crippen LogP contribution in [0.15, 0.2) is 60.7 Å². The molecule has 0 spiro atoms. The minimum absolute atomic E-state index is 0.718. The first-order valence-corrected chi connectivity index (χ1v) is 6.68. The number of para-hydroxylation sites is 2. The largest absolute Gasteiger partial charge is 0.725 e. The van der Waals surface area contributed by atoms with Gasteiger partial charge in [-0.25, -0.2) is 0 Å². The average molecular weight is 258 g/mol. The molecule has 4 radical (unpaired) electrons. The van der Waals surface area contributed by atoms with Crippen LogP contribution in [0.3, 0.4) is 0 Å². The van der Waals surface area contributed by atoms with Crippen LogP contribution in [0.2, 0.25) is 0 Å². The maximum Gasteiger partial charge on any atom is 0.725 e. The number of hydrogen-bond donors (Lipinski definition) is 0. The van der Waals surface area contributed by atoms with Crippen molar-refractivity contribution in [2.75, 3.05) is 0 Å². The van der Waals surface area contributed by atoms with Gasteiger partial charge in [-0.3, -0.25) is 0 Å². The van der Waals surface area contributed by atoms with E-state index in [2.05, 4.69) is 10.5 Å². The molecule has 0 unspecified atom stereocenters. The van der Waals surface area contributed by atoms with Gasteiger partial charge in [-0.1, -0.05) is 36.4 Å². The summed E-state index contributed by atoms with van der Waals surface area (Å²) in [4.78, 5) is 0. The Kier molecular flexibility index (Phi) is 4.37. The van der Waals surface area contributed by atoms with Gasteiger partial charge >= 0.3 is 9.53 Å². The third kappa shape index (κ3) is 3.74. The van der Waals surface area contributed by atoms with E-state index >= 15 is 0 Å². The van der Waals surface area contributed by atoms with Gasteiger partial charge in [0, 0.05) is 0 Å². The van der Waals surface area contributed by atoms with Crippen molar-refractivity contribution in [3.8, 4) is 11.5 Å². The van der Waals surface area contributed by atoms with Crippen LogP contribution in [-0.2, 0) is 4.12 Å². The van der Waals surface area contributed by atoms with E-state index < -0.39 is 9.53 Å². The van der Waals surface area contributed by atoms with Gasteiger partial charge in [0.1, 0.15) is 11.5 Å². The number of hydrogen-bond acceptors (Lipinski definition) is 3. The highest BCUT2D eigenvalue weighted by Gasteiger charge is 2.22. The number of benzene rings is 2. The van der Waals surface area contributed by atoms with E-state index in [1.807, 2.05) is 60.7 Å². The molecule has 0 amide bonds. The van der Waals surface area contributed by atoms with Gasteiger partial charge in [-0.05, 0) is 24.3 Å². The van der Waals surface area contributed by atoms with Crippen LogP contribution in [0.4, 0.5) is 0 Å². The maximum absolute atomic E-state index is 5.58. The Hall–Kier alpha value is -1.57. The Labute approximate surface area is 105 Å². The summed E-state index contributed by atoms with van der Waals surface area (Å²) >= 11 is 0. The van der Waals surface area contributed by atoms with Crippen LogP contribution >= 0.6 is 0 Å². The quantitative estimate of drug-likeness (QED) is 0.770. The first-order valence-electron chi connectivity index (χ1n) is 5.05. The van der Waals surface area contributed by atoms with E-state index in [-0.39, 0.29) is 0 Å². The van der Waals surface area contributed by atoms with Crippen LogP contribution in [0.5, 0.6) is 11.5 Å². The van der Waals surface area contributed by atoms with Crippen LogP contribution < -0.4 is 8.85 Å². The van der Waals surface area contributed by atoms with Gasteiger partial charge < -0.3 is 13.0 Å². The SMILES string of the molecule is [Si]O[Si](Oc1ccccc1)Oc1ccccc1. The molecule has 17 heavy (non-hydrogen) atoms. The van der Waals surface area contributed by atoms with Crippen LogP contribution in [0.25, 0.3) is 0 Å². The molecule has 0 fully saturated rings. The summed E-state index contributed by atoms with van der Waals surface area (Å²) in [5.74, 6) is 1.44. The second-order valence-electron chi connectivity index (χ2n) is 3.18. The van der Waals surface area contributed by atoms with Crippen molar-refractivity contribution >= 4 is 20.0 Å². The standard InChI is InChI=1S/C12H10O3Si2/c16-15-17(13-11-7-3-1-4-8-11)14-12-9-5-2-6-10-12/h1-10H. The second kappa shape index (κ2) is 6.24. The summed E-state index contributed by atoms with van der Waals surface area (Å²) in [6.07, 6.45) is 0. The topological polar surface area (TPSA) is 27.7 Å². The first-order chi connectivity index (χ1) is 8.38. The van der Waals surface area contributed by atoms with Gasteiger partial charge in [0.25, 0.3) is 0 Å². The maximum atomic E-state index is 5.58. The molecule has 0 saturated carbocycles. The van der Waals surface area contributed by atoms with E-state index in [4.69, 9.17) is 13.0 Å². The summed E-state index contributed by atoms with van der Waals surface area (Å²) in [6.45, 7) is 0. The molecule has 2 aromatic carbocycles. The molecule has 0 aliphatic heterocycles. The fourth-order valence-electron chi connectivity index (χ4n) is 1.23. The molecule has 0 saturated heterocycles. The van der Waals surface area contributed by atoms with Gasteiger partial charge in [-0.2, -0.15) is 0 Å². The average Bonchev–Trinajstić information content (AvgIpc) is 2.40. The molecule has 84 valence electrons. The normalized spacial score (nSPS) is 10.2. The molecule has 0 N–H and O–H groups in total. The molecule has 0 heterocycles. The zero-order valence-corrected chi connectivity index (χ0v) is 11.0. The Bertz CT molecular complexity index is 395. The van der Waals surface area contributed by atoms with Crippen LogP contribution in [0, 0.1) is 0 Å². The summed E-state index contributed by atoms with van der Waals surface area (Å²) < 4.78 is 16.2. The molecule has 2 rings (SSSR count). The highest BCUT2D eigenvalue weighted by Crippen LogP contribution is 2.14. The van der Waals surface area contributed by atoms with Crippen molar-refractivity contribution in [1.29, 1.82) is 0 Å². The summed E-state index contributed by atoms with van der Waals surface area (Å²) in [6, 6.07) is 18.8. The molecular weight excluding hydrogens is 248 g/mol. The molecule has 2 aromatic rings. The fourth-order valence-corrected chi connectivity index (χ4v) is 2.26. The van der Waals surface area contributed by atoms with E-state index in [0.29, 0.717) is 0 Å². The number of rotatable bonds is 5. The van der Waals surface area contributed by atoms with Crippen LogP contribution in [-0.4, -0.2) is 20.0 Å². The van der Waals surface area contributed by atoms with Gasteiger partial charge in [0.15, 0.2) is 0 Å². The highest BCUT2D eigenvalue weighted by molar-refractivity contribution is 6.43. The summed E-state index contributed by atoms with van der Waals surface area (Å²) in [5.41, 5.74) is 0. The lowest BCUT2D eigenvalue weighted by Crippen LogP contribution is -2.32. The Balaban J connectivity index is 1.98. The molecule has 0 atom stereocenters. The molecule has 0 aliphatic rings. The van der Waals surface area contributed by atoms with Gasteiger partial charge in [0.05, 0.1) is 0 Å². The van der Waals surface area contributed by atoms with Gasteiger partial charge in [0.2, 0.25) is 10.5 Å². The third-order valence-electron chi connectivity index (χ3n) is 1.97. The lowest BCUT2D eigenvalue weighted by atomic mass is 10.3. The van der Waals surface area contributed by atoms with Crippen LogP contribution in [0.1, 0.15) is 0 Å². The molecule has 3 nitrogen and oxygen atoms in total. The zero-order valence-electron chi connectivity index (χ0n) is 9.00. The lowest BCUT2D eigenvalue weighted by Gasteiger charge is -2.13. The third-order valence-corrected chi connectivity index (χ3v) is 3.44. The molecule has 0 bridgehead atoms. The van der Waals surface area contributed by atoms with E-state index in [0.717, 1.165) is 11.5 Å². The van der Waals surface area contributed by atoms with Crippen molar-refractivity contribution < 1.29 is 13.0 Å². The molecule has 0 aliphatic carbocycles. The van der Waals surface area contributed by atoms with Crippen molar-refractivity contribution in [2.24, 2.45) is 0 Å². The Morgan fingerprint density at radius 2 is 1.12 bits per heavy atom. The highest BCUT2D eigenvalue weighted by atomic mass is 28.4.